The van der Waals surface area contributed by atoms with Crippen LogP contribution in [-0.4, -0.2) is 14.4 Å². The molecule has 2 rings (SSSR count). The number of anilines is 1. The fraction of sp³-hybridized carbons (Fsp3) is 0.500. The number of nitrogens with zero attached hydrogens (tertiary/aromatic N) is 3. The molecule has 16 heavy (non-hydrogen) atoms. The first-order valence-corrected chi connectivity index (χ1v) is 5.70. The highest BCUT2D eigenvalue weighted by Crippen LogP contribution is 2.23. The molecular formula is C12H20N4. The van der Waals surface area contributed by atoms with E-state index in [1.165, 1.54) is 0 Å². The van der Waals surface area contributed by atoms with Gasteiger partial charge in [-0.25, -0.2) is 9.97 Å². The van der Waals surface area contributed by atoms with Gasteiger partial charge < -0.3 is 5.73 Å². The lowest BCUT2D eigenvalue weighted by molar-refractivity contribution is 0.836. The Labute approximate surface area is 96.5 Å². The van der Waals surface area contributed by atoms with E-state index in [4.69, 9.17) is 5.73 Å². The highest BCUT2D eigenvalue weighted by molar-refractivity contribution is 5.69. The third-order valence-corrected chi connectivity index (χ3v) is 2.33. The zero-order chi connectivity index (χ0) is 12.3. The number of aryl methyl sites for hydroxylation is 1. The van der Waals surface area contributed by atoms with E-state index < -0.39 is 0 Å². The quantitative estimate of drug-likeness (QED) is 0.804. The van der Waals surface area contributed by atoms with Gasteiger partial charge >= 0.3 is 0 Å². The molecule has 0 aromatic carbocycles. The largest absolute Gasteiger partial charge is 0.382 e. The van der Waals surface area contributed by atoms with Crippen LogP contribution in [0, 0.1) is 6.92 Å². The first-order valence-electron chi connectivity index (χ1n) is 5.70. The van der Waals surface area contributed by atoms with E-state index in [2.05, 4.69) is 23.8 Å². The highest BCUT2D eigenvalue weighted by Gasteiger charge is 2.13. The van der Waals surface area contributed by atoms with Crippen molar-refractivity contribution >= 4 is 11.3 Å². The van der Waals surface area contributed by atoms with E-state index in [1.807, 2.05) is 31.4 Å². The lowest BCUT2D eigenvalue weighted by Gasteiger charge is -2.02. The summed E-state index contributed by atoms with van der Waals surface area (Å²) in [7, 11) is 0. The molecule has 0 aliphatic carbocycles. The molecule has 2 aromatic heterocycles. The second kappa shape index (κ2) is 4.96. The molecule has 0 aliphatic heterocycles. The van der Waals surface area contributed by atoms with Crippen molar-refractivity contribution in [2.24, 2.45) is 0 Å². The molecule has 0 spiro atoms. The average molecular weight is 220 g/mol. The van der Waals surface area contributed by atoms with Crippen LogP contribution < -0.4 is 5.73 Å². The molecule has 0 fully saturated rings. The van der Waals surface area contributed by atoms with Crippen LogP contribution in [0.1, 0.15) is 45.1 Å². The lowest BCUT2D eigenvalue weighted by Crippen LogP contribution is -1.98. The molecule has 88 valence electrons. The number of hydrogen-bond donors (Lipinski definition) is 1. The van der Waals surface area contributed by atoms with Crippen LogP contribution in [0.4, 0.5) is 5.82 Å². The second-order valence-corrected chi connectivity index (χ2v) is 3.73. The van der Waals surface area contributed by atoms with Gasteiger partial charge in [0.05, 0.1) is 5.69 Å². The summed E-state index contributed by atoms with van der Waals surface area (Å²) in [5, 5.41) is 0. The van der Waals surface area contributed by atoms with E-state index in [-0.39, 0.29) is 0 Å². The number of nitrogens with two attached hydrogens (primary N) is 1. The molecule has 0 unspecified atom stereocenters. The average Bonchev–Trinajstić information content (AvgIpc) is 2.61. The van der Waals surface area contributed by atoms with Crippen molar-refractivity contribution in [1.29, 1.82) is 0 Å². The summed E-state index contributed by atoms with van der Waals surface area (Å²) in [5.74, 6) is 1.87. The second-order valence-electron chi connectivity index (χ2n) is 3.73. The lowest BCUT2D eigenvalue weighted by atomic mass is 10.1. The van der Waals surface area contributed by atoms with E-state index >= 15 is 0 Å². The van der Waals surface area contributed by atoms with Crippen LogP contribution in [-0.2, 0) is 0 Å². The number of nitrogen functional groups attached to an aromatic ring is 1. The van der Waals surface area contributed by atoms with Crippen molar-refractivity contribution in [1.82, 2.24) is 14.4 Å². The van der Waals surface area contributed by atoms with Gasteiger partial charge in [-0.3, -0.25) is 4.40 Å². The number of imidazole rings is 1. The Hall–Kier alpha value is -1.58. The summed E-state index contributed by atoms with van der Waals surface area (Å²) in [5.41, 5.74) is 7.80. The van der Waals surface area contributed by atoms with Gasteiger partial charge in [-0.05, 0) is 12.8 Å². The Bertz CT molecular complexity index is 471. The van der Waals surface area contributed by atoms with Crippen molar-refractivity contribution < 1.29 is 0 Å². The van der Waals surface area contributed by atoms with Gasteiger partial charge in [0.1, 0.15) is 17.2 Å². The summed E-state index contributed by atoms with van der Waals surface area (Å²) in [4.78, 5) is 8.57. The minimum atomic E-state index is 0.366. The summed E-state index contributed by atoms with van der Waals surface area (Å²) in [6.07, 6.45) is 3.58. The van der Waals surface area contributed by atoms with Crippen molar-refractivity contribution in [2.45, 2.75) is 40.5 Å². The van der Waals surface area contributed by atoms with Crippen LogP contribution in [0.2, 0.25) is 0 Å². The van der Waals surface area contributed by atoms with Crippen molar-refractivity contribution in [3.8, 4) is 0 Å². The maximum atomic E-state index is 5.84. The molecule has 4 heteroatoms. The molecule has 0 atom stereocenters. The zero-order valence-electron chi connectivity index (χ0n) is 10.7. The van der Waals surface area contributed by atoms with Gasteiger partial charge in [-0.15, -0.1) is 0 Å². The Balaban J connectivity index is 0.000000606. The van der Waals surface area contributed by atoms with Crippen LogP contribution in [0.25, 0.3) is 5.52 Å². The molecule has 0 aliphatic rings. The first-order chi connectivity index (χ1) is 7.61. The predicted molar refractivity (Wildman–Crippen MR) is 67.6 cm³/mol. The molecule has 0 radical (unpaired) electrons. The third-order valence-electron chi connectivity index (χ3n) is 2.33. The van der Waals surface area contributed by atoms with Crippen LogP contribution >= 0.6 is 0 Å². The Kier molecular flexibility index (Phi) is 3.88. The summed E-state index contributed by atoms with van der Waals surface area (Å²) < 4.78 is 1.98. The predicted octanol–water partition coefficient (Wildman–Crippen LogP) is 2.77. The summed E-state index contributed by atoms with van der Waals surface area (Å²) in [6, 6.07) is 0. The minimum absolute atomic E-state index is 0.366. The summed E-state index contributed by atoms with van der Waals surface area (Å²) in [6.45, 7) is 10.2. The monoisotopic (exact) mass is 220 g/mol. The Morgan fingerprint density at radius 3 is 2.50 bits per heavy atom. The van der Waals surface area contributed by atoms with Gasteiger partial charge in [0.25, 0.3) is 0 Å². The molecule has 2 heterocycles. The number of rotatable bonds is 1. The fourth-order valence-electron chi connectivity index (χ4n) is 1.65. The van der Waals surface area contributed by atoms with Gasteiger partial charge in [0, 0.05) is 12.4 Å². The third kappa shape index (κ3) is 2.01. The standard InChI is InChI=1S/C10H14N4.C2H6/c1-6(2)8-9-10(11)12-4-5-14(9)7(3)13-8;1-2/h4-6H,1-3H3,(H2,11,12);1-2H3. The molecule has 0 saturated carbocycles. The first kappa shape index (κ1) is 12.5. The fourth-order valence-corrected chi connectivity index (χ4v) is 1.65. The van der Waals surface area contributed by atoms with Crippen molar-refractivity contribution in [3.05, 3.63) is 23.9 Å². The maximum absolute atomic E-state index is 5.84. The molecule has 0 amide bonds. The SMILES string of the molecule is CC.Cc1nc(C(C)C)c2c(N)nccn12. The van der Waals surface area contributed by atoms with Crippen molar-refractivity contribution in [2.75, 3.05) is 5.73 Å². The number of fused-ring (bicyclic) bond motifs is 1. The highest BCUT2D eigenvalue weighted by atomic mass is 15.1. The molecule has 2 aromatic rings. The molecule has 0 bridgehead atoms. The van der Waals surface area contributed by atoms with E-state index in [0.29, 0.717) is 11.7 Å². The maximum Gasteiger partial charge on any atom is 0.149 e. The Morgan fingerprint density at radius 1 is 1.31 bits per heavy atom. The normalized spacial score (nSPS) is 10.4. The van der Waals surface area contributed by atoms with Crippen LogP contribution in [0.3, 0.4) is 0 Å². The smallest absolute Gasteiger partial charge is 0.149 e. The number of hydrogen-bond acceptors (Lipinski definition) is 3. The molecular weight excluding hydrogens is 200 g/mol. The minimum Gasteiger partial charge on any atom is -0.382 e. The molecule has 4 nitrogen and oxygen atoms in total. The van der Waals surface area contributed by atoms with E-state index in [1.54, 1.807) is 6.20 Å². The summed E-state index contributed by atoms with van der Waals surface area (Å²) >= 11 is 0. The van der Waals surface area contributed by atoms with E-state index in [9.17, 15) is 0 Å². The molecule has 2 N–H and O–H groups in total. The van der Waals surface area contributed by atoms with Gasteiger partial charge in [0.15, 0.2) is 0 Å². The molecule has 0 saturated heterocycles. The van der Waals surface area contributed by atoms with Gasteiger partial charge in [-0.2, -0.15) is 0 Å². The zero-order valence-corrected chi connectivity index (χ0v) is 10.7. The van der Waals surface area contributed by atoms with Gasteiger partial charge in [0.2, 0.25) is 0 Å². The van der Waals surface area contributed by atoms with Crippen molar-refractivity contribution in [3.63, 3.8) is 0 Å². The number of aromatic nitrogens is 3. The van der Waals surface area contributed by atoms with Crippen LogP contribution in [0.15, 0.2) is 12.4 Å². The van der Waals surface area contributed by atoms with Gasteiger partial charge in [-0.1, -0.05) is 27.7 Å². The van der Waals surface area contributed by atoms with Crippen LogP contribution in [0.5, 0.6) is 0 Å². The topological polar surface area (TPSA) is 56.2 Å². The Morgan fingerprint density at radius 2 is 1.94 bits per heavy atom. The van der Waals surface area contributed by atoms with E-state index in [0.717, 1.165) is 17.0 Å².